The Bertz CT molecular complexity index is 629. The maximum atomic E-state index is 12.0. The van der Waals surface area contributed by atoms with Crippen molar-refractivity contribution in [2.45, 2.75) is 19.3 Å². The molecule has 0 bridgehead atoms. The Morgan fingerprint density at radius 1 is 1.15 bits per heavy atom. The predicted molar refractivity (Wildman–Crippen MR) is 79.3 cm³/mol. The van der Waals surface area contributed by atoms with Crippen molar-refractivity contribution >= 4 is 11.6 Å². The fraction of sp³-hybridized carbons (Fsp3) is 0.176. The first-order chi connectivity index (χ1) is 9.70. The van der Waals surface area contributed by atoms with Crippen molar-refractivity contribution in [1.29, 1.82) is 5.26 Å². The molecule has 0 aromatic heterocycles. The minimum Gasteiger partial charge on any atom is -0.325 e. The van der Waals surface area contributed by atoms with Gasteiger partial charge in [-0.25, -0.2) is 0 Å². The zero-order valence-electron chi connectivity index (χ0n) is 11.3. The van der Waals surface area contributed by atoms with E-state index in [2.05, 4.69) is 11.4 Å². The second-order valence-corrected chi connectivity index (χ2v) is 4.72. The molecule has 0 fully saturated rings. The van der Waals surface area contributed by atoms with Crippen LogP contribution in [0.4, 0.5) is 5.69 Å². The van der Waals surface area contributed by atoms with Gasteiger partial charge >= 0.3 is 0 Å². The van der Waals surface area contributed by atoms with Gasteiger partial charge < -0.3 is 5.32 Å². The monoisotopic (exact) mass is 264 g/mol. The summed E-state index contributed by atoms with van der Waals surface area (Å²) in [6, 6.07) is 19.0. The van der Waals surface area contributed by atoms with Gasteiger partial charge in [-0.15, -0.1) is 0 Å². The molecule has 0 saturated carbocycles. The molecule has 1 N–H and O–H groups in total. The SMILES string of the molecule is C[C@@H](CC(=O)Nc1ccccc1C#N)c1ccccc1. The number of benzene rings is 2. The van der Waals surface area contributed by atoms with Crippen LogP contribution in [-0.2, 0) is 4.79 Å². The van der Waals surface area contributed by atoms with Crippen LogP contribution < -0.4 is 5.32 Å². The van der Waals surface area contributed by atoms with E-state index in [0.29, 0.717) is 17.7 Å². The van der Waals surface area contributed by atoms with Gasteiger partial charge in [0.2, 0.25) is 5.91 Å². The number of nitrogens with one attached hydrogen (secondary N) is 1. The first-order valence-corrected chi connectivity index (χ1v) is 6.54. The summed E-state index contributed by atoms with van der Waals surface area (Å²) in [5, 5.41) is 11.8. The number of hydrogen-bond acceptors (Lipinski definition) is 2. The lowest BCUT2D eigenvalue weighted by molar-refractivity contribution is -0.116. The molecule has 3 nitrogen and oxygen atoms in total. The minimum atomic E-state index is -0.0796. The number of nitriles is 1. The van der Waals surface area contributed by atoms with Crippen molar-refractivity contribution in [3.05, 3.63) is 65.7 Å². The topological polar surface area (TPSA) is 52.9 Å². The Morgan fingerprint density at radius 3 is 2.50 bits per heavy atom. The van der Waals surface area contributed by atoms with Crippen LogP contribution in [0.2, 0.25) is 0 Å². The van der Waals surface area contributed by atoms with Crippen molar-refractivity contribution in [3.8, 4) is 6.07 Å². The predicted octanol–water partition coefficient (Wildman–Crippen LogP) is 3.69. The molecule has 0 saturated heterocycles. The van der Waals surface area contributed by atoms with Crippen LogP contribution in [0.3, 0.4) is 0 Å². The lowest BCUT2D eigenvalue weighted by atomic mass is 9.97. The number of carbonyl (C=O) groups is 1. The first-order valence-electron chi connectivity index (χ1n) is 6.54. The highest BCUT2D eigenvalue weighted by Crippen LogP contribution is 2.20. The van der Waals surface area contributed by atoms with Crippen LogP contribution in [0.15, 0.2) is 54.6 Å². The molecule has 20 heavy (non-hydrogen) atoms. The van der Waals surface area contributed by atoms with Crippen molar-refractivity contribution in [2.24, 2.45) is 0 Å². The van der Waals surface area contributed by atoms with Crippen LogP contribution in [0.5, 0.6) is 0 Å². The third-order valence-corrected chi connectivity index (χ3v) is 3.18. The van der Waals surface area contributed by atoms with Crippen molar-refractivity contribution in [1.82, 2.24) is 0 Å². The molecule has 1 atom stereocenters. The van der Waals surface area contributed by atoms with Crippen LogP contribution in [0.1, 0.15) is 30.4 Å². The van der Waals surface area contributed by atoms with E-state index in [0.717, 1.165) is 5.56 Å². The summed E-state index contributed by atoms with van der Waals surface area (Å²) in [4.78, 5) is 12.0. The van der Waals surface area contributed by atoms with Gasteiger partial charge in [0.25, 0.3) is 0 Å². The summed E-state index contributed by atoms with van der Waals surface area (Å²) in [5.74, 6) is 0.0644. The van der Waals surface area contributed by atoms with E-state index in [1.807, 2.05) is 37.3 Å². The van der Waals surface area contributed by atoms with Gasteiger partial charge in [-0.3, -0.25) is 4.79 Å². The van der Waals surface area contributed by atoms with Gasteiger partial charge in [0.05, 0.1) is 11.3 Å². The van der Waals surface area contributed by atoms with Crippen LogP contribution in [0.25, 0.3) is 0 Å². The quantitative estimate of drug-likeness (QED) is 0.915. The van der Waals surface area contributed by atoms with Gasteiger partial charge in [0, 0.05) is 6.42 Å². The standard InChI is InChI=1S/C17H16N2O/c1-13(14-7-3-2-4-8-14)11-17(20)19-16-10-6-5-9-15(16)12-18/h2-10,13H,11H2,1H3,(H,19,20)/t13-/m0/s1. The Labute approximate surface area is 118 Å². The Balaban J connectivity index is 2.01. The Kier molecular flexibility index (Phi) is 4.52. The van der Waals surface area contributed by atoms with E-state index in [1.54, 1.807) is 24.3 Å². The zero-order valence-corrected chi connectivity index (χ0v) is 11.3. The number of nitrogens with zero attached hydrogens (tertiary/aromatic N) is 1. The van der Waals surface area contributed by atoms with Crippen LogP contribution >= 0.6 is 0 Å². The smallest absolute Gasteiger partial charge is 0.225 e. The highest BCUT2D eigenvalue weighted by atomic mass is 16.1. The van der Waals surface area contributed by atoms with Gasteiger partial charge in [-0.1, -0.05) is 49.4 Å². The molecule has 0 spiro atoms. The van der Waals surface area contributed by atoms with E-state index in [-0.39, 0.29) is 11.8 Å². The molecule has 2 aromatic rings. The van der Waals surface area contributed by atoms with Crippen LogP contribution in [-0.4, -0.2) is 5.91 Å². The normalized spacial score (nSPS) is 11.4. The number of para-hydroxylation sites is 1. The molecule has 0 radical (unpaired) electrons. The van der Waals surface area contributed by atoms with Gasteiger partial charge in [-0.2, -0.15) is 5.26 Å². The molecular formula is C17H16N2O. The fourth-order valence-electron chi connectivity index (χ4n) is 2.07. The molecule has 2 rings (SSSR count). The first kappa shape index (κ1) is 13.8. The maximum absolute atomic E-state index is 12.0. The average molecular weight is 264 g/mol. The molecule has 0 aliphatic rings. The van der Waals surface area contributed by atoms with E-state index < -0.39 is 0 Å². The van der Waals surface area contributed by atoms with Crippen molar-refractivity contribution in [3.63, 3.8) is 0 Å². The summed E-state index contributed by atoms with van der Waals surface area (Å²) in [7, 11) is 0. The third kappa shape index (κ3) is 3.46. The number of amides is 1. The van der Waals surface area contributed by atoms with Gasteiger partial charge in [-0.05, 0) is 23.6 Å². The van der Waals surface area contributed by atoms with Gasteiger partial charge in [0.15, 0.2) is 0 Å². The highest BCUT2D eigenvalue weighted by Gasteiger charge is 2.12. The second-order valence-electron chi connectivity index (χ2n) is 4.72. The van der Waals surface area contributed by atoms with E-state index in [4.69, 9.17) is 5.26 Å². The zero-order chi connectivity index (χ0) is 14.4. The largest absolute Gasteiger partial charge is 0.325 e. The van der Waals surface area contributed by atoms with E-state index in [1.165, 1.54) is 0 Å². The van der Waals surface area contributed by atoms with Crippen molar-refractivity contribution < 1.29 is 4.79 Å². The maximum Gasteiger partial charge on any atom is 0.225 e. The van der Waals surface area contributed by atoms with E-state index in [9.17, 15) is 4.79 Å². The molecule has 100 valence electrons. The average Bonchev–Trinajstić information content (AvgIpc) is 2.48. The number of rotatable bonds is 4. The molecule has 0 heterocycles. The number of hydrogen-bond donors (Lipinski definition) is 1. The number of carbonyl (C=O) groups excluding carboxylic acids is 1. The third-order valence-electron chi connectivity index (χ3n) is 3.18. The highest BCUT2D eigenvalue weighted by molar-refractivity contribution is 5.92. The summed E-state index contributed by atoms with van der Waals surface area (Å²) in [6.07, 6.45) is 0.393. The Hall–Kier alpha value is -2.60. The van der Waals surface area contributed by atoms with Gasteiger partial charge in [0.1, 0.15) is 6.07 Å². The summed E-state index contributed by atoms with van der Waals surface area (Å²) < 4.78 is 0. The summed E-state index contributed by atoms with van der Waals surface area (Å²) in [6.45, 7) is 2.02. The fourth-order valence-corrected chi connectivity index (χ4v) is 2.07. The lowest BCUT2D eigenvalue weighted by Crippen LogP contribution is -2.15. The van der Waals surface area contributed by atoms with Crippen LogP contribution in [0, 0.1) is 11.3 Å². The lowest BCUT2D eigenvalue weighted by Gasteiger charge is -2.12. The molecule has 0 aliphatic heterocycles. The number of anilines is 1. The van der Waals surface area contributed by atoms with E-state index >= 15 is 0 Å². The summed E-state index contributed by atoms with van der Waals surface area (Å²) in [5.41, 5.74) is 2.18. The molecule has 3 heteroatoms. The van der Waals surface area contributed by atoms with Crippen molar-refractivity contribution in [2.75, 3.05) is 5.32 Å². The molecular weight excluding hydrogens is 248 g/mol. The molecule has 1 amide bonds. The minimum absolute atomic E-state index is 0.0796. The molecule has 0 unspecified atom stereocenters. The Morgan fingerprint density at radius 2 is 1.80 bits per heavy atom. The summed E-state index contributed by atoms with van der Waals surface area (Å²) >= 11 is 0. The molecule has 0 aliphatic carbocycles. The molecule has 2 aromatic carbocycles. The second kappa shape index (κ2) is 6.53.